The Morgan fingerprint density at radius 1 is 0.848 bits per heavy atom. The molecule has 0 saturated carbocycles. The molecule has 9 nitrogen and oxygen atoms in total. The lowest BCUT2D eigenvalue weighted by molar-refractivity contribution is 0.102. The summed E-state index contributed by atoms with van der Waals surface area (Å²) in [4.78, 5) is 12.7. The van der Waals surface area contributed by atoms with Crippen molar-refractivity contribution < 1.29 is 21.6 Å². The van der Waals surface area contributed by atoms with Gasteiger partial charge < -0.3 is 5.32 Å². The van der Waals surface area contributed by atoms with Crippen molar-refractivity contribution in [1.82, 2.24) is 14.5 Å². The average Bonchev–Trinajstić information content (AvgIpc) is 3.35. The molecular formula is C22H22N4O5S2. The van der Waals surface area contributed by atoms with Crippen LogP contribution in [0.4, 0.5) is 5.69 Å². The number of hydrogen-bond donors (Lipinski definition) is 1. The van der Waals surface area contributed by atoms with E-state index in [1.807, 2.05) is 0 Å². The zero-order chi connectivity index (χ0) is 23.6. The Labute approximate surface area is 192 Å². The molecule has 0 atom stereocenters. The van der Waals surface area contributed by atoms with Crippen molar-refractivity contribution in [3.8, 4) is 11.3 Å². The molecule has 2 heterocycles. The standard InChI is InChI=1S/C22H22N4O5S2/c1-32(28,29)21-13-12-20(24-25-21)16-4-8-18(9-5-16)23-22(27)17-6-10-19(11-7-17)33(30,31)26-14-2-3-15-26/h4-13H,2-3,14-15H2,1H3,(H,23,27). The Kier molecular flexibility index (Phi) is 6.28. The molecule has 1 aliphatic heterocycles. The second kappa shape index (κ2) is 9.00. The highest BCUT2D eigenvalue weighted by molar-refractivity contribution is 7.90. The molecule has 0 aliphatic carbocycles. The third-order valence-electron chi connectivity index (χ3n) is 5.28. The van der Waals surface area contributed by atoms with Gasteiger partial charge in [-0.25, -0.2) is 16.8 Å². The number of nitrogens with one attached hydrogen (secondary N) is 1. The Morgan fingerprint density at radius 3 is 2.03 bits per heavy atom. The Hall–Kier alpha value is -3.15. The van der Waals surface area contributed by atoms with Gasteiger partial charge in [-0.05, 0) is 61.4 Å². The molecule has 0 bridgehead atoms. The quantitative estimate of drug-likeness (QED) is 0.567. The van der Waals surface area contributed by atoms with E-state index in [-0.39, 0.29) is 15.8 Å². The van der Waals surface area contributed by atoms with E-state index in [4.69, 9.17) is 0 Å². The van der Waals surface area contributed by atoms with E-state index in [1.54, 1.807) is 30.3 Å². The maximum Gasteiger partial charge on any atom is 0.255 e. The van der Waals surface area contributed by atoms with Crippen LogP contribution in [0.1, 0.15) is 23.2 Å². The van der Waals surface area contributed by atoms with Gasteiger partial charge in [0.05, 0.1) is 10.6 Å². The van der Waals surface area contributed by atoms with Gasteiger partial charge in [-0.3, -0.25) is 4.79 Å². The molecular weight excluding hydrogens is 464 g/mol. The van der Waals surface area contributed by atoms with E-state index < -0.39 is 19.9 Å². The minimum Gasteiger partial charge on any atom is -0.322 e. The van der Waals surface area contributed by atoms with Gasteiger partial charge in [0, 0.05) is 36.2 Å². The van der Waals surface area contributed by atoms with Gasteiger partial charge in [0.1, 0.15) is 0 Å². The van der Waals surface area contributed by atoms with Crippen molar-refractivity contribution in [3.05, 3.63) is 66.2 Å². The highest BCUT2D eigenvalue weighted by Crippen LogP contribution is 2.22. The minimum atomic E-state index is -3.52. The fourth-order valence-electron chi connectivity index (χ4n) is 3.46. The van der Waals surface area contributed by atoms with E-state index in [0.717, 1.165) is 19.1 Å². The zero-order valence-electron chi connectivity index (χ0n) is 17.8. The van der Waals surface area contributed by atoms with Crippen molar-refractivity contribution in [2.24, 2.45) is 0 Å². The number of carbonyl (C=O) groups excluding carboxylic acids is 1. The van der Waals surface area contributed by atoms with Crippen molar-refractivity contribution >= 4 is 31.5 Å². The van der Waals surface area contributed by atoms with E-state index in [1.165, 1.54) is 34.6 Å². The van der Waals surface area contributed by atoms with Crippen LogP contribution in [0.3, 0.4) is 0 Å². The lowest BCUT2D eigenvalue weighted by Crippen LogP contribution is -2.27. The maximum absolute atomic E-state index is 12.6. The van der Waals surface area contributed by atoms with Crippen molar-refractivity contribution in [2.45, 2.75) is 22.8 Å². The Bertz CT molecular complexity index is 1360. The topological polar surface area (TPSA) is 126 Å². The summed E-state index contributed by atoms with van der Waals surface area (Å²) >= 11 is 0. The van der Waals surface area contributed by atoms with Crippen molar-refractivity contribution in [2.75, 3.05) is 24.7 Å². The van der Waals surface area contributed by atoms with Crippen LogP contribution in [0, 0.1) is 0 Å². The Balaban J connectivity index is 1.43. The largest absolute Gasteiger partial charge is 0.322 e. The SMILES string of the molecule is CS(=O)(=O)c1ccc(-c2ccc(NC(=O)c3ccc(S(=O)(=O)N4CCCC4)cc3)cc2)nn1. The smallest absolute Gasteiger partial charge is 0.255 e. The minimum absolute atomic E-state index is 0.102. The molecule has 3 aromatic rings. The molecule has 4 rings (SSSR count). The molecule has 0 radical (unpaired) electrons. The van der Waals surface area contributed by atoms with Gasteiger partial charge in [0.25, 0.3) is 5.91 Å². The molecule has 1 amide bonds. The summed E-state index contributed by atoms with van der Waals surface area (Å²) in [6.45, 7) is 1.04. The summed E-state index contributed by atoms with van der Waals surface area (Å²) in [5.74, 6) is -0.370. The Morgan fingerprint density at radius 2 is 1.48 bits per heavy atom. The number of sulfone groups is 1. The molecule has 1 saturated heterocycles. The first kappa shape index (κ1) is 23.0. The average molecular weight is 487 g/mol. The molecule has 2 aromatic carbocycles. The molecule has 11 heteroatoms. The number of amides is 1. The monoisotopic (exact) mass is 486 g/mol. The van der Waals surface area contributed by atoms with Crippen LogP contribution in [-0.4, -0.2) is 56.6 Å². The fourth-order valence-corrected chi connectivity index (χ4v) is 5.48. The molecule has 0 spiro atoms. The summed E-state index contributed by atoms with van der Waals surface area (Å²) in [5.41, 5.74) is 2.08. The number of carbonyl (C=O) groups is 1. The summed E-state index contributed by atoms with van der Waals surface area (Å²) in [7, 11) is -6.95. The van der Waals surface area contributed by atoms with E-state index in [2.05, 4.69) is 15.5 Å². The van der Waals surface area contributed by atoms with E-state index in [0.29, 0.717) is 35.6 Å². The van der Waals surface area contributed by atoms with Crippen molar-refractivity contribution in [3.63, 3.8) is 0 Å². The van der Waals surface area contributed by atoms with Crippen molar-refractivity contribution in [1.29, 1.82) is 0 Å². The molecule has 0 unspecified atom stereocenters. The number of nitrogens with zero attached hydrogens (tertiary/aromatic N) is 3. The number of hydrogen-bond acceptors (Lipinski definition) is 7. The van der Waals surface area contributed by atoms with E-state index >= 15 is 0 Å². The second-order valence-corrected chi connectivity index (χ2v) is 11.6. The molecule has 1 fully saturated rings. The summed E-state index contributed by atoms with van der Waals surface area (Å²) in [5, 5.41) is 10.3. The lowest BCUT2D eigenvalue weighted by Gasteiger charge is -2.15. The van der Waals surface area contributed by atoms with Gasteiger partial charge in [-0.2, -0.15) is 4.31 Å². The first-order valence-electron chi connectivity index (χ1n) is 10.2. The van der Waals surface area contributed by atoms with Gasteiger partial charge in [-0.1, -0.05) is 12.1 Å². The van der Waals surface area contributed by atoms with E-state index in [9.17, 15) is 21.6 Å². The van der Waals surface area contributed by atoms with Gasteiger partial charge in [0.2, 0.25) is 10.0 Å². The summed E-state index contributed by atoms with van der Waals surface area (Å²) < 4.78 is 49.7. The summed E-state index contributed by atoms with van der Waals surface area (Å²) in [6, 6.07) is 15.7. The number of aromatic nitrogens is 2. The highest BCUT2D eigenvalue weighted by atomic mass is 32.2. The predicted octanol–water partition coefficient (Wildman–Crippen LogP) is 2.58. The van der Waals surface area contributed by atoms with Crippen LogP contribution in [0.5, 0.6) is 0 Å². The van der Waals surface area contributed by atoms with Gasteiger partial charge >= 0.3 is 0 Å². The predicted molar refractivity (Wildman–Crippen MR) is 123 cm³/mol. The fraction of sp³-hybridized carbons (Fsp3) is 0.227. The van der Waals surface area contributed by atoms with Crippen LogP contribution >= 0.6 is 0 Å². The van der Waals surface area contributed by atoms with Crippen LogP contribution < -0.4 is 5.32 Å². The van der Waals surface area contributed by atoms with Crippen LogP contribution in [0.25, 0.3) is 11.3 Å². The molecule has 1 aromatic heterocycles. The first-order valence-corrected chi connectivity index (χ1v) is 13.5. The number of sulfonamides is 1. The van der Waals surface area contributed by atoms with Gasteiger partial charge in [0.15, 0.2) is 14.9 Å². The van der Waals surface area contributed by atoms with Crippen LogP contribution in [-0.2, 0) is 19.9 Å². The third kappa shape index (κ3) is 5.10. The number of rotatable bonds is 6. The van der Waals surface area contributed by atoms with Gasteiger partial charge in [-0.15, -0.1) is 10.2 Å². The molecule has 172 valence electrons. The maximum atomic E-state index is 12.6. The first-order chi connectivity index (χ1) is 15.6. The number of anilines is 1. The van der Waals surface area contributed by atoms with Crippen LogP contribution in [0.15, 0.2) is 70.6 Å². The normalized spacial score (nSPS) is 14.8. The third-order valence-corrected chi connectivity index (χ3v) is 8.17. The zero-order valence-corrected chi connectivity index (χ0v) is 19.4. The number of benzene rings is 2. The lowest BCUT2D eigenvalue weighted by atomic mass is 10.1. The van der Waals surface area contributed by atoms with Crippen LogP contribution in [0.2, 0.25) is 0 Å². The second-order valence-electron chi connectivity index (χ2n) is 7.70. The summed E-state index contributed by atoms with van der Waals surface area (Å²) in [6.07, 6.45) is 2.78. The molecule has 1 aliphatic rings. The molecule has 33 heavy (non-hydrogen) atoms. The molecule has 1 N–H and O–H groups in total. The highest BCUT2D eigenvalue weighted by Gasteiger charge is 2.27.